The molecule has 0 saturated heterocycles. The van der Waals surface area contributed by atoms with Gasteiger partial charge in [-0.3, -0.25) is 9.79 Å². The Bertz CT molecular complexity index is 873. The Morgan fingerprint density at radius 2 is 2.04 bits per heavy atom. The molecule has 6 nitrogen and oxygen atoms in total. The van der Waals surface area contributed by atoms with E-state index in [0.717, 1.165) is 23.4 Å². The number of fused-ring (bicyclic) bond motifs is 1. The molecule has 3 rings (SSSR count). The van der Waals surface area contributed by atoms with Crippen molar-refractivity contribution in [2.45, 2.75) is 12.3 Å². The summed E-state index contributed by atoms with van der Waals surface area (Å²) in [5.74, 6) is -0.992. The van der Waals surface area contributed by atoms with Crippen LogP contribution in [0.3, 0.4) is 0 Å². The van der Waals surface area contributed by atoms with Crippen molar-refractivity contribution in [3.05, 3.63) is 59.7 Å². The summed E-state index contributed by atoms with van der Waals surface area (Å²) in [6, 6.07) is 11.1. The number of amides is 1. The number of halogens is 2. The van der Waals surface area contributed by atoms with E-state index in [1.54, 1.807) is 7.05 Å². The number of benzene rings is 2. The van der Waals surface area contributed by atoms with E-state index < -0.39 is 11.6 Å². The van der Waals surface area contributed by atoms with Gasteiger partial charge in [0.25, 0.3) is 0 Å². The van der Waals surface area contributed by atoms with Gasteiger partial charge < -0.3 is 20.7 Å². The summed E-state index contributed by atoms with van der Waals surface area (Å²) in [4.78, 5) is 16.0. The molecule has 1 amide bonds. The maximum atomic E-state index is 13.2. The molecule has 2 aromatic carbocycles. The highest BCUT2D eigenvalue weighted by atomic mass is 19.2. The molecule has 1 atom stereocenters. The van der Waals surface area contributed by atoms with Crippen molar-refractivity contribution < 1.29 is 18.3 Å². The minimum Gasteiger partial charge on any atom is -0.492 e. The van der Waals surface area contributed by atoms with E-state index in [1.807, 2.05) is 24.3 Å². The van der Waals surface area contributed by atoms with Crippen molar-refractivity contribution in [1.82, 2.24) is 10.6 Å². The molecule has 1 aliphatic heterocycles. The lowest BCUT2D eigenvalue weighted by molar-refractivity contribution is -0.116. The largest absolute Gasteiger partial charge is 0.492 e. The van der Waals surface area contributed by atoms with E-state index >= 15 is 0 Å². The predicted octanol–water partition coefficient (Wildman–Crippen LogP) is 2.63. The fourth-order valence-electron chi connectivity index (χ4n) is 3.03. The second-order valence-electron chi connectivity index (χ2n) is 6.34. The zero-order valence-electron chi connectivity index (χ0n) is 15.5. The van der Waals surface area contributed by atoms with Crippen LogP contribution in [0.4, 0.5) is 14.5 Å². The zero-order valence-corrected chi connectivity index (χ0v) is 15.5. The molecule has 0 aliphatic carbocycles. The molecule has 0 aromatic heterocycles. The van der Waals surface area contributed by atoms with Gasteiger partial charge in [0.15, 0.2) is 17.6 Å². The van der Waals surface area contributed by atoms with E-state index in [-0.39, 0.29) is 24.2 Å². The van der Waals surface area contributed by atoms with Crippen LogP contribution >= 0.6 is 0 Å². The predicted molar refractivity (Wildman–Crippen MR) is 104 cm³/mol. The van der Waals surface area contributed by atoms with Crippen LogP contribution in [0.25, 0.3) is 0 Å². The Balaban J connectivity index is 1.46. The van der Waals surface area contributed by atoms with Crippen molar-refractivity contribution in [1.29, 1.82) is 0 Å². The Hall–Kier alpha value is -3.16. The Morgan fingerprint density at radius 3 is 2.82 bits per heavy atom. The normalized spacial score (nSPS) is 16.2. The molecular weight excluding hydrogens is 366 g/mol. The molecular formula is C20H22F2N4O2. The quantitative estimate of drug-likeness (QED) is 0.404. The van der Waals surface area contributed by atoms with Gasteiger partial charge >= 0.3 is 0 Å². The van der Waals surface area contributed by atoms with E-state index in [4.69, 9.17) is 4.74 Å². The molecule has 0 spiro atoms. The standard InChI is InChI=1S/C20H22F2N4O2/c1-23-20(24-8-9-28-14-6-7-16(21)17(22)11-14)25-12-13-10-19(27)26-18-5-3-2-4-15(13)18/h2-7,11,13H,8-10,12H2,1H3,(H,26,27)(H2,23,24,25). The summed E-state index contributed by atoms with van der Waals surface area (Å²) in [6.07, 6.45) is 0.403. The molecule has 148 valence electrons. The van der Waals surface area contributed by atoms with E-state index in [9.17, 15) is 13.6 Å². The van der Waals surface area contributed by atoms with Crippen LogP contribution in [0.5, 0.6) is 5.75 Å². The number of carbonyl (C=O) groups excluding carboxylic acids is 1. The maximum absolute atomic E-state index is 13.2. The lowest BCUT2D eigenvalue weighted by atomic mass is 9.90. The Labute approximate surface area is 162 Å². The number of carbonyl (C=O) groups is 1. The smallest absolute Gasteiger partial charge is 0.225 e. The van der Waals surface area contributed by atoms with Gasteiger partial charge in [0.2, 0.25) is 5.91 Å². The van der Waals surface area contributed by atoms with Crippen molar-refractivity contribution in [2.75, 3.05) is 32.1 Å². The molecule has 0 fully saturated rings. The number of hydrogen-bond donors (Lipinski definition) is 3. The SMILES string of the molecule is CN=C(NCCOc1ccc(F)c(F)c1)NCC1CC(=O)Nc2ccccc21. The molecule has 2 aromatic rings. The van der Waals surface area contributed by atoms with Crippen molar-refractivity contribution >= 4 is 17.6 Å². The van der Waals surface area contributed by atoms with Crippen LogP contribution in [-0.2, 0) is 4.79 Å². The van der Waals surface area contributed by atoms with Crippen molar-refractivity contribution in [3.63, 3.8) is 0 Å². The highest BCUT2D eigenvalue weighted by Gasteiger charge is 2.24. The summed E-state index contributed by atoms with van der Waals surface area (Å²) < 4.78 is 31.4. The Morgan fingerprint density at radius 1 is 1.21 bits per heavy atom. The van der Waals surface area contributed by atoms with Crippen molar-refractivity contribution in [3.8, 4) is 5.75 Å². The number of hydrogen-bond acceptors (Lipinski definition) is 3. The first-order chi connectivity index (χ1) is 13.6. The lowest BCUT2D eigenvalue weighted by Crippen LogP contribution is -2.42. The highest BCUT2D eigenvalue weighted by molar-refractivity contribution is 5.94. The van der Waals surface area contributed by atoms with Crippen LogP contribution in [0.2, 0.25) is 0 Å². The third-order valence-corrected chi connectivity index (χ3v) is 4.40. The van der Waals surface area contributed by atoms with Gasteiger partial charge in [-0.05, 0) is 23.8 Å². The monoisotopic (exact) mass is 388 g/mol. The molecule has 8 heteroatoms. The first-order valence-electron chi connectivity index (χ1n) is 8.98. The van der Waals surface area contributed by atoms with E-state index in [1.165, 1.54) is 6.07 Å². The average molecular weight is 388 g/mol. The lowest BCUT2D eigenvalue weighted by Gasteiger charge is -2.26. The Kier molecular flexibility index (Phi) is 6.41. The molecule has 3 N–H and O–H groups in total. The van der Waals surface area contributed by atoms with E-state index in [2.05, 4.69) is 20.9 Å². The molecule has 0 radical (unpaired) electrons. The van der Waals surface area contributed by atoms with Gasteiger partial charge in [0, 0.05) is 37.7 Å². The van der Waals surface area contributed by atoms with Gasteiger partial charge in [-0.15, -0.1) is 0 Å². The van der Waals surface area contributed by atoms with Crippen LogP contribution in [0.1, 0.15) is 17.9 Å². The second kappa shape index (κ2) is 9.16. The summed E-state index contributed by atoms with van der Waals surface area (Å²) >= 11 is 0. The van der Waals surface area contributed by atoms with Crippen LogP contribution in [0.15, 0.2) is 47.5 Å². The van der Waals surface area contributed by atoms with Gasteiger partial charge in [-0.1, -0.05) is 18.2 Å². The zero-order chi connectivity index (χ0) is 19.9. The second-order valence-corrected chi connectivity index (χ2v) is 6.34. The number of ether oxygens (including phenoxy) is 1. The number of nitrogens with zero attached hydrogens (tertiary/aromatic N) is 1. The number of para-hydroxylation sites is 1. The van der Waals surface area contributed by atoms with Gasteiger partial charge in [-0.2, -0.15) is 0 Å². The first-order valence-corrected chi connectivity index (χ1v) is 8.98. The number of nitrogens with one attached hydrogen (secondary N) is 3. The number of aliphatic imine (C=N–C) groups is 1. The summed E-state index contributed by atoms with van der Waals surface area (Å²) in [5.41, 5.74) is 1.93. The minimum atomic E-state index is -0.945. The summed E-state index contributed by atoms with van der Waals surface area (Å²) in [7, 11) is 1.65. The van der Waals surface area contributed by atoms with Crippen molar-refractivity contribution in [2.24, 2.45) is 4.99 Å². The molecule has 1 unspecified atom stereocenters. The third kappa shape index (κ3) is 4.97. The third-order valence-electron chi connectivity index (χ3n) is 4.40. The fourth-order valence-corrected chi connectivity index (χ4v) is 3.03. The minimum absolute atomic E-state index is 0.00613. The number of anilines is 1. The maximum Gasteiger partial charge on any atom is 0.225 e. The first kappa shape index (κ1) is 19.6. The fraction of sp³-hybridized carbons (Fsp3) is 0.300. The molecule has 1 aliphatic rings. The summed E-state index contributed by atoms with van der Waals surface area (Å²) in [5, 5.41) is 9.17. The molecule has 28 heavy (non-hydrogen) atoms. The summed E-state index contributed by atoms with van der Waals surface area (Å²) in [6.45, 7) is 1.22. The molecule has 0 bridgehead atoms. The van der Waals surface area contributed by atoms with Crippen LogP contribution in [-0.4, -0.2) is 38.6 Å². The number of guanidine groups is 1. The number of rotatable bonds is 6. The highest BCUT2D eigenvalue weighted by Crippen LogP contribution is 2.31. The topological polar surface area (TPSA) is 74.8 Å². The van der Waals surface area contributed by atoms with Crippen LogP contribution < -0.4 is 20.7 Å². The molecule has 0 saturated carbocycles. The molecule has 1 heterocycles. The van der Waals surface area contributed by atoms with Gasteiger partial charge in [0.1, 0.15) is 12.4 Å². The van der Waals surface area contributed by atoms with E-state index in [0.29, 0.717) is 25.5 Å². The van der Waals surface area contributed by atoms with Gasteiger partial charge in [0.05, 0.1) is 6.54 Å². The average Bonchev–Trinajstić information content (AvgIpc) is 2.69. The van der Waals surface area contributed by atoms with Crippen LogP contribution in [0, 0.1) is 11.6 Å². The van der Waals surface area contributed by atoms with Gasteiger partial charge in [-0.25, -0.2) is 8.78 Å².